The minimum absolute atomic E-state index is 0.164. The molecule has 0 radical (unpaired) electrons. The Balaban J connectivity index is 1.77. The molecule has 1 aliphatic rings. The molecule has 9 heteroatoms. The minimum Gasteiger partial charge on any atom is -0.395 e. The second kappa shape index (κ2) is 7.34. The normalized spacial score (nSPS) is 13.7. The highest BCUT2D eigenvalue weighted by Crippen LogP contribution is 2.32. The summed E-state index contributed by atoms with van der Waals surface area (Å²) in [6.07, 6.45) is 5.26. The van der Waals surface area contributed by atoms with Gasteiger partial charge in [0.15, 0.2) is 17.0 Å². The largest absolute Gasteiger partial charge is 0.395 e. The molecule has 0 spiro atoms. The summed E-state index contributed by atoms with van der Waals surface area (Å²) in [7, 11) is 0. The van der Waals surface area contributed by atoms with Gasteiger partial charge in [0, 0.05) is 30.4 Å². The van der Waals surface area contributed by atoms with Crippen molar-refractivity contribution in [1.29, 1.82) is 0 Å². The Morgan fingerprint density at radius 1 is 1.20 bits per heavy atom. The van der Waals surface area contributed by atoms with Crippen molar-refractivity contribution in [2.45, 2.75) is 25.4 Å². The predicted molar refractivity (Wildman–Crippen MR) is 110 cm³/mol. The summed E-state index contributed by atoms with van der Waals surface area (Å²) in [6, 6.07) is 9.63. The molecule has 0 amide bonds. The SMILES string of the molecule is O=c1ccc(-n2c(-c3cccc(F)c3)nc3c(NC4CC4)ncnc32)cn1CCO. The van der Waals surface area contributed by atoms with Gasteiger partial charge in [0.25, 0.3) is 5.56 Å². The van der Waals surface area contributed by atoms with E-state index in [9.17, 15) is 14.3 Å². The summed E-state index contributed by atoms with van der Waals surface area (Å²) in [5.41, 5.74) is 2.09. The summed E-state index contributed by atoms with van der Waals surface area (Å²) < 4.78 is 17.2. The molecule has 30 heavy (non-hydrogen) atoms. The van der Waals surface area contributed by atoms with Crippen molar-refractivity contribution < 1.29 is 9.50 Å². The third-order valence-corrected chi connectivity index (χ3v) is 5.01. The zero-order valence-electron chi connectivity index (χ0n) is 16.0. The van der Waals surface area contributed by atoms with Crippen LogP contribution in [0.5, 0.6) is 0 Å². The van der Waals surface area contributed by atoms with E-state index in [4.69, 9.17) is 4.98 Å². The average Bonchev–Trinajstić information content (AvgIpc) is 3.47. The summed E-state index contributed by atoms with van der Waals surface area (Å²) >= 11 is 0. The maximum absolute atomic E-state index is 14.0. The lowest BCUT2D eigenvalue weighted by Gasteiger charge is -2.11. The van der Waals surface area contributed by atoms with E-state index in [1.54, 1.807) is 29.0 Å². The topological polar surface area (TPSA) is 97.9 Å². The zero-order chi connectivity index (χ0) is 20.7. The second-order valence-corrected chi connectivity index (χ2v) is 7.24. The third-order valence-electron chi connectivity index (χ3n) is 5.01. The summed E-state index contributed by atoms with van der Waals surface area (Å²) in [6.45, 7) is 0.000484. The average molecular weight is 406 g/mol. The van der Waals surface area contributed by atoms with E-state index in [-0.39, 0.29) is 24.5 Å². The molecule has 8 nitrogen and oxygen atoms in total. The number of nitrogens with one attached hydrogen (secondary N) is 1. The Bertz CT molecular complexity index is 1290. The molecule has 1 aromatic carbocycles. The number of pyridine rings is 1. The lowest BCUT2D eigenvalue weighted by Crippen LogP contribution is -2.21. The molecule has 3 heterocycles. The Kier molecular flexibility index (Phi) is 4.51. The van der Waals surface area contributed by atoms with Gasteiger partial charge in [-0.05, 0) is 31.0 Å². The van der Waals surface area contributed by atoms with Crippen LogP contribution in [-0.4, -0.2) is 41.8 Å². The van der Waals surface area contributed by atoms with Crippen molar-refractivity contribution >= 4 is 17.0 Å². The number of hydrogen-bond acceptors (Lipinski definition) is 6. The van der Waals surface area contributed by atoms with E-state index >= 15 is 0 Å². The van der Waals surface area contributed by atoms with Crippen molar-refractivity contribution in [1.82, 2.24) is 24.1 Å². The molecule has 1 saturated carbocycles. The first-order chi connectivity index (χ1) is 14.6. The van der Waals surface area contributed by atoms with Crippen LogP contribution in [-0.2, 0) is 6.54 Å². The van der Waals surface area contributed by atoms with Gasteiger partial charge in [-0.2, -0.15) is 0 Å². The highest BCUT2D eigenvalue weighted by Gasteiger charge is 2.25. The first kappa shape index (κ1) is 18.4. The van der Waals surface area contributed by atoms with Crippen LogP contribution >= 0.6 is 0 Å². The molecule has 0 aliphatic heterocycles. The number of rotatable bonds is 6. The van der Waals surface area contributed by atoms with Crippen LogP contribution in [0.4, 0.5) is 10.2 Å². The number of nitrogens with zero attached hydrogens (tertiary/aromatic N) is 5. The van der Waals surface area contributed by atoms with E-state index in [1.165, 1.54) is 29.1 Å². The van der Waals surface area contributed by atoms with Crippen LogP contribution in [0.2, 0.25) is 0 Å². The van der Waals surface area contributed by atoms with Crippen molar-refractivity contribution in [3.05, 3.63) is 65.1 Å². The standard InChI is InChI=1S/C21H19FN6O2/c22-14-3-1-2-13(10-14)20-26-18-19(25-15-4-5-15)23-12-24-21(18)28(20)16-6-7-17(30)27(11-16)8-9-29/h1-3,6-7,10-12,15,29H,4-5,8-9H2,(H,23,24,25). The van der Waals surface area contributed by atoms with Gasteiger partial charge in [0.2, 0.25) is 0 Å². The highest BCUT2D eigenvalue weighted by atomic mass is 19.1. The van der Waals surface area contributed by atoms with Crippen LogP contribution < -0.4 is 10.9 Å². The Morgan fingerprint density at radius 2 is 2.07 bits per heavy atom. The molecule has 1 aliphatic carbocycles. The van der Waals surface area contributed by atoms with E-state index in [2.05, 4.69) is 15.3 Å². The van der Waals surface area contributed by atoms with Gasteiger partial charge < -0.3 is 15.0 Å². The van der Waals surface area contributed by atoms with Gasteiger partial charge in [0.05, 0.1) is 12.3 Å². The Labute approximate surface area is 170 Å². The van der Waals surface area contributed by atoms with Crippen LogP contribution in [0.3, 0.4) is 0 Å². The fourth-order valence-electron chi connectivity index (χ4n) is 3.42. The van der Waals surface area contributed by atoms with Gasteiger partial charge in [0.1, 0.15) is 18.0 Å². The molecule has 4 aromatic rings. The van der Waals surface area contributed by atoms with Gasteiger partial charge in [-0.1, -0.05) is 12.1 Å². The molecule has 0 atom stereocenters. The van der Waals surface area contributed by atoms with E-state index in [1.807, 2.05) is 0 Å². The number of fused-ring (bicyclic) bond motifs is 1. The van der Waals surface area contributed by atoms with Crippen LogP contribution in [0.15, 0.2) is 53.7 Å². The molecule has 0 saturated heterocycles. The molecule has 2 N–H and O–H groups in total. The van der Waals surface area contributed by atoms with Crippen molar-refractivity contribution in [3.63, 3.8) is 0 Å². The summed E-state index contributed by atoms with van der Waals surface area (Å²) in [4.78, 5) is 25.6. The molecule has 152 valence electrons. The van der Waals surface area contributed by atoms with E-state index in [0.717, 1.165) is 12.8 Å². The molecule has 1 fully saturated rings. The van der Waals surface area contributed by atoms with Crippen molar-refractivity contribution in [3.8, 4) is 17.1 Å². The first-order valence-corrected chi connectivity index (χ1v) is 9.71. The lowest BCUT2D eigenvalue weighted by molar-refractivity contribution is 0.274. The summed E-state index contributed by atoms with van der Waals surface area (Å²) in [5.74, 6) is 0.736. The zero-order valence-corrected chi connectivity index (χ0v) is 16.0. The number of aliphatic hydroxyl groups excluding tert-OH is 1. The van der Waals surface area contributed by atoms with E-state index < -0.39 is 0 Å². The third kappa shape index (κ3) is 3.33. The number of aromatic nitrogens is 5. The van der Waals surface area contributed by atoms with Crippen LogP contribution in [0.1, 0.15) is 12.8 Å². The second-order valence-electron chi connectivity index (χ2n) is 7.24. The van der Waals surface area contributed by atoms with Gasteiger partial charge in [-0.15, -0.1) is 0 Å². The maximum atomic E-state index is 14.0. The number of imidazole rings is 1. The monoisotopic (exact) mass is 406 g/mol. The number of anilines is 1. The molecular weight excluding hydrogens is 387 g/mol. The molecule has 0 unspecified atom stereocenters. The van der Waals surface area contributed by atoms with Gasteiger partial charge >= 0.3 is 0 Å². The molecule has 3 aromatic heterocycles. The fraction of sp³-hybridized carbons (Fsp3) is 0.238. The van der Waals surface area contributed by atoms with Crippen molar-refractivity contribution in [2.75, 3.05) is 11.9 Å². The van der Waals surface area contributed by atoms with Gasteiger partial charge in [-0.25, -0.2) is 19.3 Å². The number of benzene rings is 1. The Hall–Kier alpha value is -3.59. The molecule has 0 bridgehead atoms. The summed E-state index contributed by atoms with van der Waals surface area (Å²) in [5, 5.41) is 12.6. The Morgan fingerprint density at radius 3 is 2.83 bits per heavy atom. The smallest absolute Gasteiger partial charge is 0.250 e. The highest BCUT2D eigenvalue weighted by molar-refractivity contribution is 5.88. The lowest BCUT2D eigenvalue weighted by atomic mass is 10.2. The quantitative estimate of drug-likeness (QED) is 0.510. The fourth-order valence-corrected chi connectivity index (χ4v) is 3.42. The van der Waals surface area contributed by atoms with Crippen molar-refractivity contribution in [2.24, 2.45) is 0 Å². The first-order valence-electron chi connectivity index (χ1n) is 9.71. The number of aliphatic hydroxyl groups is 1. The van der Waals surface area contributed by atoms with Crippen LogP contribution in [0.25, 0.3) is 28.2 Å². The molecular formula is C21H19FN6O2. The van der Waals surface area contributed by atoms with E-state index in [0.29, 0.717) is 40.1 Å². The predicted octanol–water partition coefficient (Wildman–Crippen LogP) is 2.35. The van der Waals surface area contributed by atoms with Crippen LogP contribution in [0, 0.1) is 5.82 Å². The maximum Gasteiger partial charge on any atom is 0.250 e. The number of halogens is 1. The van der Waals surface area contributed by atoms with Gasteiger partial charge in [-0.3, -0.25) is 9.36 Å². The minimum atomic E-state index is -0.376. The number of hydrogen-bond donors (Lipinski definition) is 2. The molecule has 5 rings (SSSR count).